The number of hydrogen-bond donors (Lipinski definition) is 1. The van der Waals surface area contributed by atoms with Gasteiger partial charge in [-0.25, -0.2) is 0 Å². The molecule has 0 spiro atoms. The third kappa shape index (κ3) is 4.83. The molecule has 1 N–H and O–H groups in total. The number of hydrogen-bond acceptors (Lipinski definition) is 6. The highest BCUT2D eigenvalue weighted by molar-refractivity contribution is 9.10. The predicted molar refractivity (Wildman–Crippen MR) is 144 cm³/mol. The van der Waals surface area contributed by atoms with E-state index in [9.17, 15) is 9.59 Å². The molecule has 37 heavy (non-hydrogen) atoms. The number of carbonyl (C=O) groups is 2. The summed E-state index contributed by atoms with van der Waals surface area (Å²) in [6, 6.07) is 13.8. The van der Waals surface area contributed by atoms with Gasteiger partial charge in [-0.05, 0) is 66.1 Å². The van der Waals surface area contributed by atoms with Crippen molar-refractivity contribution < 1.29 is 28.5 Å². The summed E-state index contributed by atoms with van der Waals surface area (Å²) in [4.78, 5) is 29.2. The van der Waals surface area contributed by atoms with Crippen LogP contribution >= 0.6 is 15.9 Å². The van der Waals surface area contributed by atoms with Crippen molar-refractivity contribution in [2.75, 3.05) is 40.8 Å². The summed E-state index contributed by atoms with van der Waals surface area (Å²) in [6.45, 7) is 1.92. The normalized spacial score (nSPS) is 16.6. The zero-order chi connectivity index (χ0) is 26.9. The van der Waals surface area contributed by atoms with E-state index in [1.165, 1.54) is 14.2 Å². The smallest absolute Gasteiger partial charge is 0.254 e. The van der Waals surface area contributed by atoms with Crippen LogP contribution in [0.1, 0.15) is 39.0 Å². The van der Waals surface area contributed by atoms with Crippen LogP contribution in [0.5, 0.6) is 23.0 Å². The van der Waals surface area contributed by atoms with Gasteiger partial charge in [-0.2, -0.15) is 0 Å². The summed E-state index contributed by atoms with van der Waals surface area (Å²) in [5.74, 6) is 0.630. The van der Waals surface area contributed by atoms with Crippen LogP contribution in [0.4, 0.5) is 5.69 Å². The minimum absolute atomic E-state index is 0.236. The number of halogens is 1. The molecule has 9 heteroatoms. The van der Waals surface area contributed by atoms with E-state index >= 15 is 0 Å². The van der Waals surface area contributed by atoms with E-state index < -0.39 is 12.0 Å². The highest BCUT2D eigenvalue weighted by Crippen LogP contribution is 2.47. The number of ether oxygens (including phenoxy) is 4. The lowest BCUT2D eigenvalue weighted by molar-refractivity contribution is -0.119. The van der Waals surface area contributed by atoms with Gasteiger partial charge in [0.15, 0.2) is 23.0 Å². The third-order valence-corrected chi connectivity index (χ3v) is 7.15. The molecular formula is C28H29BrN2O6. The number of methoxy groups -OCH3 is 4. The molecule has 194 valence electrons. The molecule has 0 bridgehead atoms. The molecule has 8 nitrogen and oxygen atoms in total. The van der Waals surface area contributed by atoms with Gasteiger partial charge in [-0.15, -0.1) is 0 Å². The maximum Gasteiger partial charge on any atom is 0.254 e. The zero-order valence-electron chi connectivity index (χ0n) is 21.5. The van der Waals surface area contributed by atoms with Crippen LogP contribution in [0.15, 0.2) is 53.0 Å². The second-order valence-corrected chi connectivity index (χ2v) is 9.61. The number of carbonyl (C=O) groups excluding carboxylic acids is 2. The van der Waals surface area contributed by atoms with Crippen molar-refractivity contribution in [3.63, 3.8) is 0 Å². The van der Waals surface area contributed by atoms with Crippen LogP contribution in [0.3, 0.4) is 0 Å². The second kappa shape index (κ2) is 10.7. The fraction of sp³-hybridized carbons (Fsp3) is 0.286. The van der Waals surface area contributed by atoms with Gasteiger partial charge in [-0.1, -0.05) is 22.0 Å². The van der Waals surface area contributed by atoms with Crippen molar-refractivity contribution in [2.45, 2.75) is 18.9 Å². The molecule has 0 radical (unpaired) electrons. The molecule has 3 aromatic rings. The minimum Gasteiger partial charge on any atom is -0.493 e. The number of nitrogens with zero attached hydrogens (tertiary/aromatic N) is 1. The predicted octanol–water partition coefficient (Wildman–Crippen LogP) is 5.34. The van der Waals surface area contributed by atoms with Crippen LogP contribution in [0.25, 0.3) is 0 Å². The van der Waals surface area contributed by atoms with E-state index in [1.807, 2.05) is 31.2 Å². The summed E-state index contributed by atoms with van der Waals surface area (Å²) in [7, 11) is 7.82. The molecule has 0 aliphatic carbocycles. The molecule has 0 fully saturated rings. The van der Waals surface area contributed by atoms with Crippen molar-refractivity contribution >= 4 is 33.4 Å². The lowest BCUT2D eigenvalue weighted by atomic mass is 9.79. The van der Waals surface area contributed by atoms with Crippen LogP contribution < -0.4 is 24.3 Å². The zero-order valence-corrected chi connectivity index (χ0v) is 23.1. The Bertz CT molecular complexity index is 1360. The first-order chi connectivity index (χ1) is 17.7. The Morgan fingerprint density at radius 3 is 2.11 bits per heavy atom. The minimum atomic E-state index is -0.765. The lowest BCUT2D eigenvalue weighted by Gasteiger charge is -2.40. The molecular weight excluding hydrogens is 540 g/mol. The SMILES string of the molecule is COc1ccc([C@@H]2[C@H](C(=O)Nc3ccc(Br)cc3C)c3cc(OC)c(OC)cc3C(=O)N2C)cc1OC. The maximum absolute atomic E-state index is 14.0. The van der Waals surface area contributed by atoms with E-state index in [-0.39, 0.29) is 11.8 Å². The molecule has 0 saturated heterocycles. The van der Waals surface area contributed by atoms with Crippen LogP contribution in [0.2, 0.25) is 0 Å². The van der Waals surface area contributed by atoms with Crippen molar-refractivity contribution in [2.24, 2.45) is 0 Å². The molecule has 0 aromatic heterocycles. The Labute approximate surface area is 224 Å². The molecule has 1 heterocycles. The standard InChI is InChI=1S/C28H29BrN2O6/c1-15-11-17(29)8-9-20(15)30-27(32)25-18-13-23(36-5)24(37-6)14-19(18)28(33)31(2)26(25)16-7-10-21(34-3)22(12-16)35-4/h7-14,25-26H,1-6H3,(H,30,32)/t25-,26-/m1/s1. The topological polar surface area (TPSA) is 86.3 Å². The summed E-state index contributed by atoms with van der Waals surface area (Å²) >= 11 is 3.47. The van der Waals surface area contributed by atoms with Crippen LogP contribution in [-0.4, -0.2) is 52.2 Å². The first-order valence-corrected chi connectivity index (χ1v) is 12.3. The molecule has 2 amide bonds. The Kier molecular flexibility index (Phi) is 7.63. The van der Waals surface area contributed by atoms with Gasteiger partial charge >= 0.3 is 0 Å². The molecule has 4 rings (SSSR count). The Morgan fingerprint density at radius 2 is 1.49 bits per heavy atom. The van der Waals surface area contributed by atoms with Gasteiger partial charge < -0.3 is 29.2 Å². The molecule has 3 aromatic carbocycles. The Balaban J connectivity index is 1.91. The average Bonchev–Trinajstić information content (AvgIpc) is 2.90. The van der Waals surface area contributed by atoms with Crippen molar-refractivity contribution in [3.05, 3.63) is 75.3 Å². The van der Waals surface area contributed by atoms with E-state index in [0.717, 1.165) is 15.6 Å². The number of nitrogens with one attached hydrogen (secondary N) is 1. The van der Waals surface area contributed by atoms with Crippen LogP contribution in [-0.2, 0) is 4.79 Å². The highest BCUT2D eigenvalue weighted by atomic mass is 79.9. The fourth-order valence-corrected chi connectivity index (χ4v) is 5.24. The van der Waals surface area contributed by atoms with Crippen LogP contribution in [0, 0.1) is 6.92 Å². The molecule has 2 atom stereocenters. The monoisotopic (exact) mass is 568 g/mol. The summed E-state index contributed by atoms with van der Waals surface area (Å²) in [5.41, 5.74) is 3.23. The van der Waals surface area contributed by atoms with Gasteiger partial charge in [0.05, 0.1) is 40.4 Å². The van der Waals surface area contributed by atoms with Gasteiger partial charge in [0, 0.05) is 22.8 Å². The number of anilines is 1. The molecule has 1 aliphatic heterocycles. The Hall–Kier alpha value is -3.72. The highest BCUT2D eigenvalue weighted by Gasteiger charge is 2.44. The van der Waals surface area contributed by atoms with Gasteiger partial charge in [0.25, 0.3) is 5.91 Å². The molecule has 1 aliphatic rings. The van der Waals surface area contributed by atoms with Crippen molar-refractivity contribution in [1.29, 1.82) is 0 Å². The maximum atomic E-state index is 14.0. The Morgan fingerprint density at radius 1 is 0.865 bits per heavy atom. The number of amides is 2. The van der Waals surface area contributed by atoms with Gasteiger partial charge in [-0.3, -0.25) is 9.59 Å². The summed E-state index contributed by atoms with van der Waals surface area (Å²) in [5, 5.41) is 3.07. The van der Waals surface area contributed by atoms with E-state index in [2.05, 4.69) is 21.2 Å². The third-order valence-electron chi connectivity index (χ3n) is 6.65. The number of likely N-dealkylation sites (N-methyl/N-ethyl adjacent to an activating group) is 1. The van der Waals surface area contributed by atoms with E-state index in [1.54, 1.807) is 50.4 Å². The number of benzene rings is 3. The summed E-state index contributed by atoms with van der Waals surface area (Å²) in [6.07, 6.45) is 0. The quantitative estimate of drug-likeness (QED) is 0.414. The summed E-state index contributed by atoms with van der Waals surface area (Å²) < 4.78 is 22.8. The molecule has 0 saturated carbocycles. The first kappa shape index (κ1) is 26.3. The van der Waals surface area contributed by atoms with Gasteiger partial charge in [0.2, 0.25) is 5.91 Å². The first-order valence-electron chi connectivity index (χ1n) is 11.6. The van der Waals surface area contributed by atoms with Crippen molar-refractivity contribution in [1.82, 2.24) is 4.90 Å². The second-order valence-electron chi connectivity index (χ2n) is 8.70. The number of rotatable bonds is 7. The van der Waals surface area contributed by atoms with Gasteiger partial charge in [0.1, 0.15) is 0 Å². The largest absolute Gasteiger partial charge is 0.493 e. The average molecular weight is 569 g/mol. The van der Waals surface area contributed by atoms with E-state index in [0.29, 0.717) is 39.8 Å². The molecule has 0 unspecified atom stereocenters. The lowest BCUT2D eigenvalue weighted by Crippen LogP contribution is -2.44. The number of fused-ring (bicyclic) bond motifs is 1. The van der Waals surface area contributed by atoms with Crippen molar-refractivity contribution in [3.8, 4) is 23.0 Å². The number of aryl methyl sites for hydroxylation is 1. The fourth-order valence-electron chi connectivity index (χ4n) is 4.76. The van der Waals surface area contributed by atoms with E-state index in [4.69, 9.17) is 18.9 Å².